The number of carboxylic acid groups (broad SMARTS) is 1. The highest BCUT2D eigenvalue weighted by molar-refractivity contribution is 5.93. The van der Waals surface area contributed by atoms with Gasteiger partial charge < -0.3 is 14.3 Å². The van der Waals surface area contributed by atoms with Gasteiger partial charge in [-0.05, 0) is 49.9 Å². The molecule has 2 aromatic carbocycles. The largest absolute Gasteiger partial charge is 0.487 e. The molecule has 0 aliphatic heterocycles. The molecule has 0 bridgehead atoms. The predicted octanol–water partition coefficient (Wildman–Crippen LogP) is 4.47. The highest BCUT2D eigenvalue weighted by Gasteiger charge is 2.44. The van der Waals surface area contributed by atoms with Gasteiger partial charge in [0.1, 0.15) is 5.58 Å². The van der Waals surface area contributed by atoms with E-state index in [4.69, 9.17) is 9.15 Å². The van der Waals surface area contributed by atoms with Crippen molar-refractivity contribution in [1.29, 1.82) is 0 Å². The van der Waals surface area contributed by atoms with Gasteiger partial charge in [0.25, 0.3) is 0 Å². The zero-order chi connectivity index (χ0) is 19.1. The first-order valence-corrected chi connectivity index (χ1v) is 9.03. The summed E-state index contributed by atoms with van der Waals surface area (Å²) in [6.45, 7) is 4.20. The number of rotatable bonds is 5. The number of ether oxygens (including phenoxy) is 1. The number of hydrogen-bond acceptors (Lipinski definition) is 4. The first kappa shape index (κ1) is 17.3. The second kappa shape index (κ2) is 6.58. The molecule has 1 aromatic heterocycles. The van der Waals surface area contributed by atoms with Gasteiger partial charge in [0, 0.05) is 5.92 Å². The summed E-state index contributed by atoms with van der Waals surface area (Å²) in [7, 11) is 0. The van der Waals surface area contributed by atoms with Crippen LogP contribution in [0.15, 0.2) is 51.7 Å². The topological polar surface area (TPSA) is 76.7 Å². The minimum Gasteiger partial charge on any atom is -0.487 e. The fraction of sp³-hybridized carbons (Fsp3) is 0.273. The lowest BCUT2D eigenvalue weighted by molar-refractivity contribution is 0.0697. The third-order valence-corrected chi connectivity index (χ3v) is 5.04. The first-order chi connectivity index (χ1) is 13.0. The maximum Gasteiger partial charge on any atom is 0.335 e. The summed E-state index contributed by atoms with van der Waals surface area (Å²) in [6, 6.07) is 12.7. The predicted molar refractivity (Wildman–Crippen MR) is 102 cm³/mol. The van der Waals surface area contributed by atoms with Crippen molar-refractivity contribution in [3.63, 3.8) is 0 Å². The molecule has 0 radical (unpaired) electrons. The van der Waals surface area contributed by atoms with E-state index in [9.17, 15) is 14.7 Å². The van der Waals surface area contributed by atoms with Gasteiger partial charge in [-0.3, -0.25) is 4.79 Å². The van der Waals surface area contributed by atoms with Crippen LogP contribution in [-0.2, 0) is 0 Å². The van der Waals surface area contributed by atoms with E-state index in [1.165, 1.54) is 23.3 Å². The number of aromatic carboxylic acids is 1. The van der Waals surface area contributed by atoms with Crippen LogP contribution >= 0.6 is 0 Å². The molecule has 0 spiro atoms. The summed E-state index contributed by atoms with van der Waals surface area (Å²) < 4.78 is 11.7. The van der Waals surface area contributed by atoms with Gasteiger partial charge in [-0.25, -0.2) is 4.79 Å². The summed E-state index contributed by atoms with van der Waals surface area (Å²) in [5.41, 5.74) is 2.55. The normalized spacial score (nSPS) is 18.4. The molecule has 4 rings (SSSR count). The van der Waals surface area contributed by atoms with Gasteiger partial charge in [-0.15, -0.1) is 0 Å². The highest BCUT2D eigenvalue weighted by atomic mass is 16.5. The Balaban J connectivity index is 1.79. The Hall–Kier alpha value is -3.08. The molecule has 1 aliphatic carbocycles. The minimum absolute atomic E-state index is 0.0500. The molecular formula is C22H20O5. The molecule has 0 saturated heterocycles. The van der Waals surface area contributed by atoms with Gasteiger partial charge in [0.2, 0.25) is 11.2 Å². The second-order valence-corrected chi connectivity index (χ2v) is 6.93. The van der Waals surface area contributed by atoms with E-state index in [2.05, 4.69) is 31.2 Å². The Bertz CT molecular complexity index is 1080. The summed E-state index contributed by atoms with van der Waals surface area (Å²) in [4.78, 5) is 24.2. The lowest BCUT2D eigenvalue weighted by Crippen LogP contribution is -2.12. The number of aryl methyl sites for hydroxylation is 1. The van der Waals surface area contributed by atoms with Crippen molar-refractivity contribution < 1.29 is 19.1 Å². The fourth-order valence-electron chi connectivity index (χ4n) is 3.52. The van der Waals surface area contributed by atoms with E-state index in [0.717, 1.165) is 6.42 Å². The van der Waals surface area contributed by atoms with E-state index in [1.54, 1.807) is 6.07 Å². The van der Waals surface area contributed by atoms with Crippen LogP contribution in [0.5, 0.6) is 5.75 Å². The van der Waals surface area contributed by atoms with Crippen LogP contribution < -0.4 is 10.2 Å². The third-order valence-electron chi connectivity index (χ3n) is 5.04. The Labute approximate surface area is 156 Å². The Morgan fingerprint density at radius 1 is 1.19 bits per heavy atom. The molecule has 0 amide bonds. The van der Waals surface area contributed by atoms with Crippen molar-refractivity contribution >= 4 is 16.9 Å². The molecule has 5 nitrogen and oxygen atoms in total. The molecular weight excluding hydrogens is 344 g/mol. The molecule has 1 heterocycles. The number of fused-ring (bicyclic) bond motifs is 1. The van der Waals surface area contributed by atoms with Crippen molar-refractivity contribution in [1.82, 2.24) is 0 Å². The Morgan fingerprint density at radius 3 is 2.59 bits per heavy atom. The van der Waals surface area contributed by atoms with Crippen molar-refractivity contribution in [3.05, 3.63) is 75.1 Å². The average Bonchev–Trinajstić information content (AvgIpc) is 3.45. The molecule has 2 atom stereocenters. The first-order valence-electron chi connectivity index (χ1n) is 9.03. The van der Waals surface area contributed by atoms with Gasteiger partial charge in [-0.1, -0.05) is 29.8 Å². The van der Waals surface area contributed by atoms with Crippen molar-refractivity contribution in [2.45, 2.75) is 32.1 Å². The van der Waals surface area contributed by atoms with E-state index >= 15 is 0 Å². The molecule has 1 N–H and O–H groups in total. The average molecular weight is 364 g/mol. The number of benzene rings is 2. The summed E-state index contributed by atoms with van der Waals surface area (Å²) in [5, 5.41) is 9.41. The van der Waals surface area contributed by atoms with E-state index in [0.29, 0.717) is 23.9 Å². The highest BCUT2D eigenvalue weighted by Crippen LogP contribution is 2.56. The minimum atomic E-state index is -1.08. The molecule has 27 heavy (non-hydrogen) atoms. The third kappa shape index (κ3) is 3.10. The van der Waals surface area contributed by atoms with Gasteiger partial charge in [0.05, 0.1) is 17.6 Å². The Kier molecular flexibility index (Phi) is 4.22. The van der Waals surface area contributed by atoms with Crippen LogP contribution in [0.4, 0.5) is 0 Å². The smallest absolute Gasteiger partial charge is 0.335 e. The van der Waals surface area contributed by atoms with Crippen molar-refractivity contribution in [3.8, 4) is 5.75 Å². The molecule has 5 heteroatoms. The maximum atomic E-state index is 13.0. The molecule has 1 saturated carbocycles. The number of hydrogen-bond donors (Lipinski definition) is 1. The van der Waals surface area contributed by atoms with Crippen molar-refractivity contribution in [2.75, 3.05) is 6.61 Å². The summed E-state index contributed by atoms with van der Waals surface area (Å²) in [6.07, 6.45) is 0.894. The van der Waals surface area contributed by atoms with E-state index in [1.807, 2.05) is 6.92 Å². The van der Waals surface area contributed by atoms with Crippen LogP contribution in [0.2, 0.25) is 0 Å². The van der Waals surface area contributed by atoms with Crippen LogP contribution in [0.3, 0.4) is 0 Å². The van der Waals surface area contributed by atoms with Crippen molar-refractivity contribution in [2.24, 2.45) is 0 Å². The monoisotopic (exact) mass is 364 g/mol. The quantitative estimate of drug-likeness (QED) is 0.723. The summed E-state index contributed by atoms with van der Waals surface area (Å²) >= 11 is 0. The van der Waals surface area contributed by atoms with Crippen LogP contribution in [-0.4, -0.2) is 17.7 Å². The fourth-order valence-corrected chi connectivity index (χ4v) is 3.52. The van der Waals surface area contributed by atoms with Gasteiger partial charge in [0.15, 0.2) is 5.76 Å². The number of carbonyl (C=O) groups is 1. The Morgan fingerprint density at radius 2 is 1.93 bits per heavy atom. The molecule has 1 fully saturated rings. The SMILES string of the molecule is CCOc1c(C2CC2c2ccc(C)cc2)oc2ccc(C(=O)O)cc2c1=O. The molecule has 138 valence electrons. The van der Waals surface area contributed by atoms with Crippen LogP contribution in [0.25, 0.3) is 11.0 Å². The lowest BCUT2D eigenvalue weighted by Gasteiger charge is -2.11. The number of carboxylic acids is 1. The molecule has 2 unspecified atom stereocenters. The lowest BCUT2D eigenvalue weighted by atomic mass is 10.1. The van der Waals surface area contributed by atoms with E-state index in [-0.39, 0.29) is 28.0 Å². The molecule has 1 aliphatic rings. The van der Waals surface area contributed by atoms with Crippen LogP contribution in [0, 0.1) is 6.92 Å². The molecule has 3 aromatic rings. The standard InChI is InChI=1S/C22H20O5/c1-3-26-21-19(23)17-10-14(22(24)25)8-9-18(17)27-20(21)16-11-15(16)13-6-4-12(2)5-7-13/h4-10,15-16H,3,11H2,1-2H3,(H,24,25). The maximum absolute atomic E-state index is 13.0. The second-order valence-electron chi connectivity index (χ2n) is 6.93. The van der Waals surface area contributed by atoms with Gasteiger partial charge >= 0.3 is 5.97 Å². The zero-order valence-electron chi connectivity index (χ0n) is 15.2. The van der Waals surface area contributed by atoms with Gasteiger partial charge in [-0.2, -0.15) is 0 Å². The summed E-state index contributed by atoms with van der Waals surface area (Å²) in [5.74, 6) is 0.0596. The van der Waals surface area contributed by atoms with E-state index < -0.39 is 5.97 Å². The van der Waals surface area contributed by atoms with Crippen LogP contribution in [0.1, 0.15) is 52.4 Å². The zero-order valence-corrected chi connectivity index (χ0v) is 15.2.